The van der Waals surface area contributed by atoms with Gasteiger partial charge in [0, 0.05) is 27.9 Å². The van der Waals surface area contributed by atoms with E-state index in [4.69, 9.17) is 44.1 Å². The molecule has 0 bridgehead atoms. The number of carboxylic acids is 1. The fraction of sp³-hybridized carbons (Fsp3) is 0.303. The van der Waals surface area contributed by atoms with E-state index in [9.17, 15) is 9.90 Å². The highest BCUT2D eigenvalue weighted by Crippen LogP contribution is 2.57. The Kier molecular flexibility index (Phi) is 7.15. The van der Waals surface area contributed by atoms with E-state index in [1.807, 2.05) is 44.2 Å². The predicted molar refractivity (Wildman–Crippen MR) is 167 cm³/mol. The summed E-state index contributed by atoms with van der Waals surface area (Å²) in [6.45, 7) is 4.24. The van der Waals surface area contributed by atoms with Crippen LogP contribution in [-0.4, -0.2) is 26.0 Å². The molecule has 0 spiro atoms. The third-order valence-corrected chi connectivity index (χ3v) is 9.32. The van der Waals surface area contributed by atoms with Crippen LogP contribution in [-0.2, 0) is 6.61 Å². The molecule has 2 heterocycles. The standard InChI is InChI=1S/C33H28Cl3N3O4/c1-16(2)39-28-12-18(8-10-21(28)31(37-39)33(40)41)22-14-23(22)20-11-9-19(13-27(20)36)42-15-24-30(38-43-32(24)17-6-7-17)29-25(34)4-3-5-26(29)35/h3-5,8-13,16-17,22-23H,6-7,14-15H2,1-2H3,(H,40,41). The third kappa shape index (κ3) is 5.17. The molecule has 5 aromatic rings. The van der Waals surface area contributed by atoms with Gasteiger partial charge in [-0.3, -0.25) is 4.68 Å². The Hall–Kier alpha value is -3.52. The van der Waals surface area contributed by atoms with Crippen molar-refractivity contribution in [2.45, 2.75) is 63.5 Å². The molecule has 0 amide bonds. The summed E-state index contributed by atoms with van der Waals surface area (Å²) in [4.78, 5) is 11.7. The number of halogens is 3. The zero-order valence-corrected chi connectivity index (χ0v) is 25.7. The number of aromatic nitrogens is 3. The maximum absolute atomic E-state index is 11.7. The average molecular weight is 637 g/mol. The Bertz CT molecular complexity index is 1870. The summed E-state index contributed by atoms with van der Waals surface area (Å²) in [7, 11) is 0. The van der Waals surface area contributed by atoms with Crippen molar-refractivity contribution in [3.8, 4) is 17.0 Å². The molecule has 10 heteroatoms. The highest BCUT2D eigenvalue weighted by Gasteiger charge is 2.41. The first-order chi connectivity index (χ1) is 20.7. The summed E-state index contributed by atoms with van der Waals surface area (Å²) in [6.07, 6.45) is 3.06. The van der Waals surface area contributed by atoms with Gasteiger partial charge in [0.15, 0.2) is 5.69 Å². The number of carbonyl (C=O) groups is 1. The summed E-state index contributed by atoms with van der Waals surface area (Å²) < 4.78 is 13.8. The topological polar surface area (TPSA) is 90.4 Å². The molecule has 2 atom stereocenters. The molecular weight excluding hydrogens is 609 g/mol. The van der Waals surface area contributed by atoms with E-state index in [0.29, 0.717) is 49.3 Å². The molecule has 43 heavy (non-hydrogen) atoms. The highest BCUT2D eigenvalue weighted by atomic mass is 35.5. The number of benzene rings is 3. The van der Waals surface area contributed by atoms with Crippen molar-refractivity contribution in [2.24, 2.45) is 0 Å². The molecule has 2 aromatic heterocycles. The van der Waals surface area contributed by atoms with E-state index >= 15 is 0 Å². The molecule has 2 fully saturated rings. The minimum atomic E-state index is -1.02. The Morgan fingerprint density at radius 1 is 1.05 bits per heavy atom. The number of carboxylic acid groups (broad SMARTS) is 1. The van der Waals surface area contributed by atoms with E-state index in [2.05, 4.69) is 16.3 Å². The Labute approximate surface area is 263 Å². The van der Waals surface area contributed by atoms with E-state index in [-0.39, 0.29) is 24.3 Å². The monoisotopic (exact) mass is 635 g/mol. The van der Waals surface area contributed by atoms with Crippen molar-refractivity contribution in [1.82, 2.24) is 14.9 Å². The maximum atomic E-state index is 11.7. The zero-order valence-electron chi connectivity index (χ0n) is 23.5. The minimum Gasteiger partial charge on any atom is -0.489 e. The van der Waals surface area contributed by atoms with Crippen LogP contribution in [0.3, 0.4) is 0 Å². The molecule has 0 saturated heterocycles. The van der Waals surface area contributed by atoms with E-state index in [1.165, 1.54) is 0 Å². The van der Waals surface area contributed by atoms with Crippen molar-refractivity contribution in [1.29, 1.82) is 0 Å². The number of ether oxygens (including phenoxy) is 1. The van der Waals surface area contributed by atoms with Crippen LogP contribution in [0.5, 0.6) is 5.75 Å². The van der Waals surface area contributed by atoms with Crippen LogP contribution in [0.15, 0.2) is 59.1 Å². The van der Waals surface area contributed by atoms with Gasteiger partial charge in [-0.15, -0.1) is 0 Å². The van der Waals surface area contributed by atoms with Gasteiger partial charge >= 0.3 is 5.97 Å². The number of hydrogen-bond acceptors (Lipinski definition) is 5. The first-order valence-electron chi connectivity index (χ1n) is 14.3. The lowest BCUT2D eigenvalue weighted by Crippen LogP contribution is -2.05. The molecule has 0 radical (unpaired) electrons. The number of hydrogen-bond donors (Lipinski definition) is 1. The van der Waals surface area contributed by atoms with Gasteiger partial charge in [-0.1, -0.05) is 64.2 Å². The normalized spacial score (nSPS) is 18.0. The van der Waals surface area contributed by atoms with Gasteiger partial charge in [-0.05, 0) is 86.4 Å². The summed E-state index contributed by atoms with van der Waals surface area (Å²) in [6, 6.07) is 17.2. The highest BCUT2D eigenvalue weighted by molar-refractivity contribution is 6.39. The minimum absolute atomic E-state index is 0.0405. The van der Waals surface area contributed by atoms with E-state index in [1.54, 1.807) is 22.9 Å². The van der Waals surface area contributed by atoms with Gasteiger partial charge in [0.25, 0.3) is 0 Å². The van der Waals surface area contributed by atoms with Crippen molar-refractivity contribution in [3.05, 3.63) is 97.8 Å². The van der Waals surface area contributed by atoms with Gasteiger partial charge in [0.05, 0.1) is 21.1 Å². The molecule has 3 aromatic carbocycles. The van der Waals surface area contributed by atoms with Crippen LogP contribution < -0.4 is 4.74 Å². The fourth-order valence-corrected chi connectivity index (χ4v) is 6.83. The number of rotatable bonds is 9. The lowest BCUT2D eigenvalue weighted by Gasteiger charge is -2.11. The SMILES string of the molecule is CC(C)n1nc(C(=O)O)c2ccc(C3CC3c3ccc(OCc4c(-c5c(Cl)cccc5Cl)noc4C4CC4)cc3Cl)cc21. The first kappa shape index (κ1) is 28.3. The largest absolute Gasteiger partial charge is 0.489 e. The molecule has 2 saturated carbocycles. The number of nitrogens with zero attached hydrogens (tertiary/aromatic N) is 3. The van der Waals surface area contributed by atoms with Crippen molar-refractivity contribution >= 4 is 51.7 Å². The molecular formula is C33H28Cl3N3O4. The van der Waals surface area contributed by atoms with Gasteiger partial charge in [0.1, 0.15) is 23.8 Å². The molecule has 7 rings (SSSR count). The second-order valence-electron chi connectivity index (χ2n) is 11.6. The zero-order chi connectivity index (χ0) is 30.0. The number of aromatic carboxylic acids is 1. The summed E-state index contributed by atoms with van der Waals surface area (Å²) >= 11 is 19.8. The van der Waals surface area contributed by atoms with Crippen LogP contribution in [0.2, 0.25) is 15.1 Å². The van der Waals surface area contributed by atoms with Crippen molar-refractivity contribution in [2.75, 3.05) is 0 Å². The molecule has 2 aliphatic rings. The van der Waals surface area contributed by atoms with Crippen LogP contribution in [0.25, 0.3) is 22.2 Å². The molecule has 0 aliphatic heterocycles. The van der Waals surface area contributed by atoms with E-state index in [0.717, 1.165) is 47.2 Å². The second kappa shape index (κ2) is 10.9. The number of fused-ring (bicyclic) bond motifs is 1. The summed E-state index contributed by atoms with van der Waals surface area (Å²) in [5.74, 6) is 1.33. The molecule has 1 N–H and O–H groups in total. The fourth-order valence-electron chi connectivity index (χ4n) is 5.95. The van der Waals surface area contributed by atoms with Crippen LogP contribution >= 0.6 is 34.8 Å². The average Bonchev–Trinajstić information content (AvgIpc) is 3.89. The van der Waals surface area contributed by atoms with Crippen molar-refractivity contribution in [3.63, 3.8) is 0 Å². The van der Waals surface area contributed by atoms with Crippen LogP contribution in [0.1, 0.15) is 89.8 Å². The summed E-state index contributed by atoms with van der Waals surface area (Å²) in [5.41, 5.74) is 5.23. The second-order valence-corrected chi connectivity index (χ2v) is 12.9. The summed E-state index contributed by atoms with van der Waals surface area (Å²) in [5, 5.41) is 20.6. The van der Waals surface area contributed by atoms with Crippen molar-refractivity contribution < 1.29 is 19.2 Å². The molecule has 2 aliphatic carbocycles. The third-order valence-electron chi connectivity index (χ3n) is 8.36. The van der Waals surface area contributed by atoms with Gasteiger partial charge < -0.3 is 14.4 Å². The van der Waals surface area contributed by atoms with Gasteiger partial charge in [0.2, 0.25) is 0 Å². The quantitative estimate of drug-likeness (QED) is 0.173. The predicted octanol–water partition coefficient (Wildman–Crippen LogP) is 9.66. The van der Waals surface area contributed by atoms with Crippen LogP contribution in [0, 0.1) is 0 Å². The smallest absolute Gasteiger partial charge is 0.357 e. The Morgan fingerprint density at radius 2 is 1.81 bits per heavy atom. The Balaban J connectivity index is 1.11. The molecule has 2 unspecified atom stereocenters. The van der Waals surface area contributed by atoms with Gasteiger partial charge in [-0.2, -0.15) is 5.10 Å². The van der Waals surface area contributed by atoms with Crippen LogP contribution in [0.4, 0.5) is 0 Å². The lowest BCUT2D eigenvalue weighted by molar-refractivity contribution is 0.0691. The lowest BCUT2D eigenvalue weighted by atomic mass is 10.0. The van der Waals surface area contributed by atoms with Gasteiger partial charge in [-0.25, -0.2) is 4.79 Å². The molecule has 7 nitrogen and oxygen atoms in total. The first-order valence-corrected chi connectivity index (χ1v) is 15.4. The van der Waals surface area contributed by atoms with E-state index < -0.39 is 5.97 Å². The Morgan fingerprint density at radius 3 is 2.49 bits per heavy atom. The maximum Gasteiger partial charge on any atom is 0.357 e. The molecule has 220 valence electrons.